The van der Waals surface area contributed by atoms with Gasteiger partial charge in [0.15, 0.2) is 0 Å². The van der Waals surface area contributed by atoms with Gasteiger partial charge in [0.25, 0.3) is 0 Å². The predicted molar refractivity (Wildman–Crippen MR) is 121 cm³/mol. The molecule has 160 valence electrons. The van der Waals surface area contributed by atoms with Crippen LogP contribution >= 0.6 is 0 Å². The van der Waals surface area contributed by atoms with E-state index < -0.39 is 18.1 Å². The number of methoxy groups -OCH3 is 1. The summed E-state index contributed by atoms with van der Waals surface area (Å²) in [5.41, 5.74) is 3.07. The number of nitrogens with zero attached hydrogens (tertiary/aromatic N) is 1. The summed E-state index contributed by atoms with van der Waals surface area (Å²) in [6.07, 6.45) is 0. The van der Waals surface area contributed by atoms with Crippen molar-refractivity contribution in [2.75, 3.05) is 7.11 Å². The lowest BCUT2D eigenvalue weighted by Crippen LogP contribution is -2.46. The second-order valence-electron chi connectivity index (χ2n) is 7.44. The molecule has 0 heterocycles. The number of amides is 1. The molecule has 3 aromatic carbocycles. The summed E-state index contributed by atoms with van der Waals surface area (Å²) in [6.45, 7) is 2.79. The smallest absolute Gasteiger partial charge is 0.328 e. The van der Waals surface area contributed by atoms with Crippen LogP contribution in [0.4, 0.5) is 0 Å². The number of hydrogen-bond acceptors (Lipinski definition) is 4. The molecule has 0 aliphatic rings. The maximum absolute atomic E-state index is 13.4. The van der Waals surface area contributed by atoms with Gasteiger partial charge in [-0.05, 0) is 23.6 Å². The van der Waals surface area contributed by atoms with Crippen molar-refractivity contribution in [1.82, 2.24) is 10.2 Å². The van der Waals surface area contributed by atoms with Crippen molar-refractivity contribution in [3.63, 3.8) is 0 Å². The molecule has 3 rings (SSSR count). The molecule has 1 amide bonds. The van der Waals surface area contributed by atoms with Crippen molar-refractivity contribution >= 4 is 11.9 Å². The highest BCUT2D eigenvalue weighted by Crippen LogP contribution is 2.26. The number of carbonyl (C=O) groups excluding carboxylic acids is 2. The fourth-order valence-corrected chi connectivity index (χ4v) is 3.57. The van der Waals surface area contributed by atoms with E-state index in [0.717, 1.165) is 16.7 Å². The third-order valence-corrected chi connectivity index (χ3v) is 5.10. The molecule has 0 aliphatic heterocycles. The van der Waals surface area contributed by atoms with E-state index in [1.54, 1.807) is 6.92 Å². The van der Waals surface area contributed by atoms with Crippen molar-refractivity contribution in [1.29, 1.82) is 0 Å². The van der Waals surface area contributed by atoms with Gasteiger partial charge >= 0.3 is 5.97 Å². The summed E-state index contributed by atoms with van der Waals surface area (Å²) in [5, 5.41) is 2.83. The van der Waals surface area contributed by atoms with Gasteiger partial charge in [-0.15, -0.1) is 0 Å². The Bertz CT molecular complexity index is 920. The van der Waals surface area contributed by atoms with Crippen LogP contribution in [-0.4, -0.2) is 29.9 Å². The highest BCUT2D eigenvalue weighted by molar-refractivity contribution is 5.88. The van der Waals surface area contributed by atoms with Crippen LogP contribution in [0.5, 0.6) is 0 Å². The molecule has 1 N–H and O–H groups in total. The van der Waals surface area contributed by atoms with E-state index in [4.69, 9.17) is 4.74 Å². The Morgan fingerprint density at radius 2 is 1.26 bits per heavy atom. The first-order valence-corrected chi connectivity index (χ1v) is 10.3. The Labute approximate surface area is 183 Å². The zero-order chi connectivity index (χ0) is 22.1. The van der Waals surface area contributed by atoms with E-state index in [1.165, 1.54) is 7.11 Å². The Morgan fingerprint density at radius 3 is 1.71 bits per heavy atom. The summed E-state index contributed by atoms with van der Waals surface area (Å²) in [4.78, 5) is 27.5. The lowest BCUT2D eigenvalue weighted by molar-refractivity contribution is -0.145. The number of rotatable bonds is 9. The van der Waals surface area contributed by atoms with Gasteiger partial charge in [0.1, 0.15) is 12.1 Å². The molecular weight excluding hydrogens is 388 g/mol. The second kappa shape index (κ2) is 11.1. The molecule has 0 aromatic heterocycles. The molecule has 0 bridgehead atoms. The Kier molecular flexibility index (Phi) is 7.96. The van der Waals surface area contributed by atoms with Gasteiger partial charge in [-0.1, -0.05) is 91.0 Å². The number of carbonyl (C=O) groups is 2. The fourth-order valence-electron chi connectivity index (χ4n) is 3.57. The number of hydrogen-bond donors (Lipinski definition) is 1. The van der Waals surface area contributed by atoms with E-state index in [-0.39, 0.29) is 5.91 Å². The molecule has 0 aliphatic carbocycles. The molecule has 0 fully saturated rings. The van der Waals surface area contributed by atoms with Crippen molar-refractivity contribution in [2.24, 2.45) is 0 Å². The quantitative estimate of drug-likeness (QED) is 0.534. The zero-order valence-electron chi connectivity index (χ0n) is 17.9. The first-order valence-electron chi connectivity index (χ1n) is 10.3. The first-order chi connectivity index (χ1) is 15.1. The monoisotopic (exact) mass is 416 g/mol. The van der Waals surface area contributed by atoms with Crippen LogP contribution in [0.15, 0.2) is 91.0 Å². The lowest BCUT2D eigenvalue weighted by atomic mass is 10.0. The van der Waals surface area contributed by atoms with Crippen LogP contribution in [-0.2, 0) is 27.4 Å². The molecule has 0 unspecified atom stereocenters. The summed E-state index contributed by atoms with van der Waals surface area (Å²) >= 11 is 0. The Morgan fingerprint density at radius 1 is 0.806 bits per heavy atom. The van der Waals surface area contributed by atoms with E-state index in [1.807, 2.05) is 66.7 Å². The largest absolute Gasteiger partial charge is 0.467 e. The normalized spacial score (nSPS) is 12.7. The standard InChI is InChI=1S/C26H28N2O3/c1-20(26(30)31-2)27-25(29)24(23-16-10-5-11-17-23)28(18-21-12-6-3-7-13-21)19-22-14-8-4-9-15-22/h3-17,20,24H,18-19H2,1-2H3,(H,27,29)/t20-,24+/m0/s1. The zero-order valence-corrected chi connectivity index (χ0v) is 17.9. The number of ether oxygens (including phenoxy) is 1. The maximum Gasteiger partial charge on any atom is 0.328 e. The topological polar surface area (TPSA) is 58.6 Å². The molecule has 5 heteroatoms. The molecule has 2 atom stereocenters. The van der Waals surface area contributed by atoms with Crippen LogP contribution < -0.4 is 5.32 Å². The fraction of sp³-hybridized carbons (Fsp3) is 0.231. The summed E-state index contributed by atoms with van der Waals surface area (Å²) in [7, 11) is 1.32. The van der Waals surface area contributed by atoms with E-state index in [9.17, 15) is 9.59 Å². The predicted octanol–water partition coefficient (Wildman–Crippen LogP) is 4.11. The molecular formula is C26H28N2O3. The number of benzene rings is 3. The average molecular weight is 417 g/mol. The molecule has 3 aromatic rings. The third-order valence-electron chi connectivity index (χ3n) is 5.10. The summed E-state index contributed by atoms with van der Waals surface area (Å²) < 4.78 is 4.78. The second-order valence-corrected chi connectivity index (χ2v) is 7.44. The third kappa shape index (κ3) is 6.27. The number of esters is 1. The minimum absolute atomic E-state index is 0.240. The average Bonchev–Trinajstić information content (AvgIpc) is 2.80. The first kappa shape index (κ1) is 22.2. The van der Waals surface area contributed by atoms with Crippen molar-refractivity contribution in [2.45, 2.75) is 32.1 Å². The Balaban J connectivity index is 1.96. The van der Waals surface area contributed by atoms with Crippen LogP contribution in [0, 0.1) is 0 Å². The van der Waals surface area contributed by atoms with Gasteiger partial charge in [0.2, 0.25) is 5.91 Å². The highest BCUT2D eigenvalue weighted by Gasteiger charge is 2.30. The van der Waals surface area contributed by atoms with Crippen molar-refractivity contribution in [3.05, 3.63) is 108 Å². The van der Waals surface area contributed by atoms with E-state index >= 15 is 0 Å². The van der Waals surface area contributed by atoms with Crippen LogP contribution in [0.25, 0.3) is 0 Å². The van der Waals surface area contributed by atoms with Gasteiger partial charge in [-0.25, -0.2) is 4.79 Å². The van der Waals surface area contributed by atoms with Crippen LogP contribution in [0.2, 0.25) is 0 Å². The molecule has 0 saturated carbocycles. The lowest BCUT2D eigenvalue weighted by Gasteiger charge is -2.32. The van der Waals surface area contributed by atoms with E-state index in [0.29, 0.717) is 13.1 Å². The van der Waals surface area contributed by atoms with Gasteiger partial charge in [-0.3, -0.25) is 9.69 Å². The summed E-state index contributed by atoms with van der Waals surface area (Å²) in [5.74, 6) is -0.714. The van der Waals surface area contributed by atoms with Crippen molar-refractivity contribution in [3.8, 4) is 0 Å². The molecule has 31 heavy (non-hydrogen) atoms. The number of nitrogens with one attached hydrogen (secondary N) is 1. The SMILES string of the molecule is COC(=O)[C@H](C)NC(=O)[C@@H](c1ccccc1)N(Cc1ccccc1)Cc1ccccc1. The van der Waals surface area contributed by atoms with Gasteiger partial charge in [0, 0.05) is 13.1 Å². The van der Waals surface area contributed by atoms with Crippen molar-refractivity contribution < 1.29 is 14.3 Å². The molecule has 0 radical (unpaired) electrons. The molecule has 5 nitrogen and oxygen atoms in total. The minimum Gasteiger partial charge on any atom is -0.467 e. The maximum atomic E-state index is 13.4. The minimum atomic E-state index is -0.737. The molecule has 0 saturated heterocycles. The van der Waals surface area contributed by atoms with E-state index in [2.05, 4.69) is 34.5 Å². The van der Waals surface area contributed by atoms with Crippen LogP contribution in [0.3, 0.4) is 0 Å². The van der Waals surface area contributed by atoms with Gasteiger partial charge < -0.3 is 10.1 Å². The van der Waals surface area contributed by atoms with Gasteiger partial charge in [0.05, 0.1) is 7.11 Å². The highest BCUT2D eigenvalue weighted by atomic mass is 16.5. The summed E-state index contributed by atoms with van der Waals surface area (Å²) in [6, 6.07) is 28.5. The van der Waals surface area contributed by atoms with Crippen LogP contribution in [0.1, 0.15) is 29.7 Å². The Hall–Kier alpha value is -3.44. The van der Waals surface area contributed by atoms with Gasteiger partial charge in [-0.2, -0.15) is 0 Å². The molecule has 0 spiro atoms.